The maximum Gasteiger partial charge on any atom is 0.325 e. The Kier molecular flexibility index (Phi) is 4.47. The summed E-state index contributed by atoms with van der Waals surface area (Å²) in [5, 5.41) is 0. The lowest BCUT2D eigenvalue weighted by molar-refractivity contribution is -0.147. The van der Waals surface area contributed by atoms with E-state index in [1.165, 1.54) is 6.92 Å². The molecule has 0 aliphatic rings. The van der Waals surface area contributed by atoms with E-state index in [4.69, 9.17) is 4.74 Å². The Morgan fingerprint density at radius 3 is 2.56 bits per heavy atom. The van der Waals surface area contributed by atoms with Crippen molar-refractivity contribution in [3.63, 3.8) is 0 Å². The van der Waals surface area contributed by atoms with Gasteiger partial charge in [-0.15, -0.1) is 0 Å². The monoisotopic (exact) mass is 288 g/mol. The first kappa shape index (κ1) is 13.2. The van der Waals surface area contributed by atoms with Gasteiger partial charge in [-0.1, -0.05) is 46.3 Å². The fraction of sp³-hybridized carbons (Fsp3) is 0.417. The Bertz CT molecular complexity index is 351. The smallest absolute Gasteiger partial charge is 0.325 e. The van der Waals surface area contributed by atoms with E-state index in [0.717, 1.165) is 0 Å². The number of hydrogen-bond acceptors (Lipinski definition) is 2. The molecule has 0 saturated carbocycles. The molecule has 1 aromatic carbocycles. The Morgan fingerprint density at radius 2 is 2.06 bits per heavy atom. The van der Waals surface area contributed by atoms with Crippen molar-refractivity contribution in [3.05, 3.63) is 35.9 Å². The molecule has 88 valence electrons. The van der Waals surface area contributed by atoms with E-state index in [-0.39, 0.29) is 6.61 Å². The third-order valence-corrected chi connectivity index (χ3v) is 2.97. The molecular weight excluding hydrogens is 275 g/mol. The van der Waals surface area contributed by atoms with Gasteiger partial charge in [0.15, 0.2) is 10.5 Å². The molecule has 0 aliphatic carbocycles. The minimum Gasteiger partial charge on any atom is -0.465 e. The molecule has 2 nitrogen and oxygen atoms in total. The molecule has 0 aromatic heterocycles. The molecule has 0 heterocycles. The van der Waals surface area contributed by atoms with Gasteiger partial charge in [0.2, 0.25) is 0 Å². The topological polar surface area (TPSA) is 26.3 Å². The van der Waals surface area contributed by atoms with Crippen LogP contribution in [0.3, 0.4) is 0 Å². The molecular formula is C12H14BrFO2. The van der Waals surface area contributed by atoms with Crippen LogP contribution in [0.15, 0.2) is 30.3 Å². The van der Waals surface area contributed by atoms with Gasteiger partial charge >= 0.3 is 5.97 Å². The summed E-state index contributed by atoms with van der Waals surface area (Å²) in [4.78, 5) is 11.6. The molecule has 1 rings (SSSR count). The number of benzene rings is 1. The second-order valence-corrected chi connectivity index (χ2v) is 5.22. The largest absolute Gasteiger partial charge is 0.465 e. The summed E-state index contributed by atoms with van der Waals surface area (Å²) in [6.45, 7) is 3.40. The van der Waals surface area contributed by atoms with Crippen molar-refractivity contribution < 1.29 is 13.9 Å². The van der Waals surface area contributed by atoms with Crippen molar-refractivity contribution in [2.45, 2.75) is 24.3 Å². The number of rotatable bonds is 4. The number of ether oxygens (including phenoxy) is 1. The summed E-state index contributed by atoms with van der Waals surface area (Å²) >= 11 is 3.10. The highest BCUT2D eigenvalue weighted by atomic mass is 79.9. The first-order valence-electron chi connectivity index (χ1n) is 5.05. The van der Waals surface area contributed by atoms with Crippen molar-refractivity contribution in [2.24, 2.45) is 0 Å². The van der Waals surface area contributed by atoms with Crippen LogP contribution in [0.25, 0.3) is 0 Å². The van der Waals surface area contributed by atoms with Gasteiger partial charge in [0.1, 0.15) is 0 Å². The predicted octanol–water partition coefficient (Wildman–Crippen LogP) is 3.41. The molecule has 0 amide bonds. The molecule has 16 heavy (non-hydrogen) atoms. The van der Waals surface area contributed by atoms with E-state index in [0.29, 0.717) is 5.56 Å². The van der Waals surface area contributed by atoms with Crippen molar-refractivity contribution in [1.29, 1.82) is 0 Å². The summed E-state index contributed by atoms with van der Waals surface area (Å²) in [5.74, 6) is -0.591. The van der Waals surface area contributed by atoms with Crippen LogP contribution < -0.4 is 0 Å². The third-order valence-electron chi connectivity index (χ3n) is 2.24. The molecule has 1 aromatic rings. The van der Waals surface area contributed by atoms with Crippen LogP contribution in [0, 0.1) is 0 Å². The molecule has 4 heteroatoms. The predicted molar refractivity (Wildman–Crippen MR) is 64.3 cm³/mol. The van der Waals surface area contributed by atoms with E-state index in [1.54, 1.807) is 37.3 Å². The van der Waals surface area contributed by atoms with Crippen molar-refractivity contribution in [1.82, 2.24) is 0 Å². The molecule has 0 aliphatic heterocycles. The van der Waals surface area contributed by atoms with Crippen LogP contribution in [-0.2, 0) is 9.53 Å². The molecule has 0 spiro atoms. The maximum absolute atomic E-state index is 14.1. The summed E-state index contributed by atoms with van der Waals surface area (Å²) < 4.78 is 17.6. The lowest BCUT2D eigenvalue weighted by atomic mass is 9.99. The van der Waals surface area contributed by atoms with Crippen LogP contribution in [0.1, 0.15) is 25.6 Å². The zero-order valence-electron chi connectivity index (χ0n) is 9.24. The summed E-state index contributed by atoms with van der Waals surface area (Å²) in [6.07, 6.45) is -1.44. The molecule has 2 unspecified atom stereocenters. The number of esters is 1. The molecule has 0 radical (unpaired) electrons. The minimum atomic E-state index is -1.44. The van der Waals surface area contributed by atoms with Crippen LogP contribution >= 0.6 is 15.9 Å². The average Bonchev–Trinajstić information content (AvgIpc) is 2.29. The zero-order chi connectivity index (χ0) is 12.2. The number of alkyl halides is 2. The van der Waals surface area contributed by atoms with Crippen molar-refractivity contribution >= 4 is 21.9 Å². The van der Waals surface area contributed by atoms with Crippen LogP contribution in [0.2, 0.25) is 0 Å². The number of hydrogen-bond donors (Lipinski definition) is 0. The molecule has 0 bridgehead atoms. The van der Waals surface area contributed by atoms with Gasteiger partial charge in [0.25, 0.3) is 0 Å². The minimum absolute atomic E-state index is 0.238. The second-order valence-electron chi connectivity index (χ2n) is 3.57. The maximum atomic E-state index is 14.1. The van der Waals surface area contributed by atoms with E-state index in [1.807, 2.05) is 0 Å². The van der Waals surface area contributed by atoms with E-state index in [9.17, 15) is 9.18 Å². The van der Waals surface area contributed by atoms with Crippen LogP contribution in [0.4, 0.5) is 4.39 Å². The van der Waals surface area contributed by atoms with Gasteiger partial charge in [0.05, 0.1) is 6.61 Å². The van der Waals surface area contributed by atoms with Gasteiger partial charge in [-0.05, 0) is 19.4 Å². The highest BCUT2D eigenvalue weighted by molar-refractivity contribution is 9.10. The zero-order valence-corrected chi connectivity index (χ0v) is 10.8. The average molecular weight is 289 g/mol. The quantitative estimate of drug-likeness (QED) is 0.627. The standard InChI is InChI=1S/C12H14BrFO2/c1-3-16-11(15)12(2,13)10(14)9-7-5-4-6-8-9/h4-8,10H,3H2,1-2H3. The molecule has 0 N–H and O–H groups in total. The first-order chi connectivity index (χ1) is 7.50. The Morgan fingerprint density at radius 1 is 1.50 bits per heavy atom. The fourth-order valence-electron chi connectivity index (χ4n) is 1.31. The van der Waals surface area contributed by atoms with Crippen LogP contribution in [0.5, 0.6) is 0 Å². The van der Waals surface area contributed by atoms with E-state index < -0.39 is 16.5 Å². The first-order valence-corrected chi connectivity index (χ1v) is 5.84. The number of halogens is 2. The van der Waals surface area contributed by atoms with E-state index >= 15 is 0 Å². The van der Waals surface area contributed by atoms with Crippen molar-refractivity contribution in [3.8, 4) is 0 Å². The van der Waals surface area contributed by atoms with Gasteiger partial charge in [-0.3, -0.25) is 4.79 Å². The normalized spacial score (nSPS) is 16.2. The number of carbonyl (C=O) groups is 1. The molecule has 0 saturated heterocycles. The van der Waals surface area contributed by atoms with E-state index in [2.05, 4.69) is 15.9 Å². The summed E-state index contributed by atoms with van der Waals surface area (Å²) in [7, 11) is 0. The summed E-state index contributed by atoms with van der Waals surface area (Å²) in [5.41, 5.74) is 0.454. The lowest BCUT2D eigenvalue weighted by Gasteiger charge is -2.24. The lowest BCUT2D eigenvalue weighted by Crippen LogP contribution is -2.35. The number of carbonyl (C=O) groups excluding carboxylic acids is 1. The molecule has 0 fully saturated rings. The van der Waals surface area contributed by atoms with Gasteiger partial charge < -0.3 is 4.74 Å². The molecule has 2 atom stereocenters. The van der Waals surface area contributed by atoms with Gasteiger partial charge in [-0.25, -0.2) is 4.39 Å². The Balaban J connectivity index is 2.87. The van der Waals surface area contributed by atoms with Crippen LogP contribution in [-0.4, -0.2) is 16.9 Å². The highest BCUT2D eigenvalue weighted by Gasteiger charge is 2.41. The Hall–Kier alpha value is -0.900. The SMILES string of the molecule is CCOC(=O)C(C)(Br)C(F)c1ccccc1. The Labute approximate surface area is 103 Å². The van der Waals surface area contributed by atoms with Gasteiger partial charge in [-0.2, -0.15) is 0 Å². The van der Waals surface area contributed by atoms with Crippen molar-refractivity contribution in [2.75, 3.05) is 6.61 Å². The third kappa shape index (κ3) is 2.82. The highest BCUT2D eigenvalue weighted by Crippen LogP contribution is 2.37. The second kappa shape index (κ2) is 5.43. The summed E-state index contributed by atoms with van der Waals surface area (Å²) in [6, 6.07) is 8.55. The fourth-order valence-corrected chi connectivity index (χ4v) is 1.69. The van der Waals surface area contributed by atoms with Gasteiger partial charge in [0, 0.05) is 0 Å².